The van der Waals surface area contributed by atoms with Gasteiger partial charge in [-0.2, -0.15) is 0 Å². The van der Waals surface area contributed by atoms with Gasteiger partial charge in [-0.1, -0.05) is 18.2 Å². The third-order valence-electron chi connectivity index (χ3n) is 2.45. The molecule has 3 N–H and O–H groups in total. The summed E-state index contributed by atoms with van der Waals surface area (Å²) in [5.74, 6) is -0.921. The molecule has 0 unspecified atom stereocenters. The Morgan fingerprint density at radius 3 is 2.57 bits per heavy atom. The highest BCUT2D eigenvalue weighted by Crippen LogP contribution is 2.18. The predicted octanol–water partition coefficient (Wildman–Crippen LogP) is 0.835. The van der Waals surface area contributed by atoms with Gasteiger partial charge < -0.3 is 15.2 Å². The Morgan fingerprint density at radius 2 is 1.95 bits per heavy atom. The van der Waals surface area contributed by atoms with E-state index in [1.54, 1.807) is 24.3 Å². The molecule has 0 saturated carbocycles. The van der Waals surface area contributed by atoms with Crippen molar-refractivity contribution in [2.45, 2.75) is 13.0 Å². The molecule has 0 radical (unpaired) electrons. The van der Waals surface area contributed by atoms with Gasteiger partial charge in [0, 0.05) is 11.6 Å². The van der Waals surface area contributed by atoms with Crippen molar-refractivity contribution in [1.82, 2.24) is 5.32 Å². The number of esters is 1. The SMILES string of the molecule is COc1ccccc1/C=C/C(=O)O[C@H](C)C(=O)NC(N)=O. The van der Waals surface area contributed by atoms with Gasteiger partial charge >= 0.3 is 12.0 Å². The summed E-state index contributed by atoms with van der Waals surface area (Å²) in [4.78, 5) is 33.4. The van der Waals surface area contributed by atoms with Crippen LogP contribution in [0.2, 0.25) is 0 Å². The minimum absolute atomic E-state index is 0.598. The molecule has 0 heterocycles. The van der Waals surface area contributed by atoms with Gasteiger partial charge in [0.15, 0.2) is 6.10 Å². The minimum atomic E-state index is -1.13. The number of urea groups is 1. The van der Waals surface area contributed by atoms with E-state index >= 15 is 0 Å². The highest BCUT2D eigenvalue weighted by Gasteiger charge is 2.17. The molecular weight excluding hydrogens is 276 g/mol. The first kappa shape index (κ1) is 16.2. The maximum Gasteiger partial charge on any atom is 0.331 e. The number of nitrogens with two attached hydrogens (primary N) is 1. The van der Waals surface area contributed by atoms with Gasteiger partial charge in [0.25, 0.3) is 5.91 Å². The molecule has 0 spiro atoms. The topological polar surface area (TPSA) is 108 Å². The van der Waals surface area contributed by atoms with Gasteiger partial charge in [-0.15, -0.1) is 0 Å². The first-order chi connectivity index (χ1) is 9.93. The van der Waals surface area contributed by atoms with Crippen LogP contribution in [0.5, 0.6) is 5.75 Å². The molecule has 0 aliphatic heterocycles. The molecule has 3 amide bonds. The highest BCUT2D eigenvalue weighted by atomic mass is 16.5. The number of imide groups is 1. The molecule has 0 bridgehead atoms. The van der Waals surface area contributed by atoms with Crippen LogP contribution in [0, 0.1) is 0 Å². The van der Waals surface area contributed by atoms with Crippen LogP contribution in [0.25, 0.3) is 6.08 Å². The van der Waals surface area contributed by atoms with Crippen LogP contribution in [0.15, 0.2) is 30.3 Å². The quantitative estimate of drug-likeness (QED) is 0.617. The third kappa shape index (κ3) is 5.35. The lowest BCUT2D eigenvalue weighted by molar-refractivity contribution is -0.149. The normalized spacial score (nSPS) is 11.7. The van der Waals surface area contributed by atoms with Crippen LogP contribution < -0.4 is 15.8 Å². The predicted molar refractivity (Wildman–Crippen MR) is 75.3 cm³/mol. The fourth-order valence-corrected chi connectivity index (χ4v) is 1.45. The molecule has 1 aromatic rings. The number of rotatable bonds is 5. The molecule has 0 saturated heterocycles. The van der Waals surface area contributed by atoms with Crippen LogP contribution in [0.1, 0.15) is 12.5 Å². The van der Waals surface area contributed by atoms with Crippen molar-refractivity contribution in [1.29, 1.82) is 0 Å². The van der Waals surface area contributed by atoms with Crippen molar-refractivity contribution in [3.8, 4) is 5.75 Å². The van der Waals surface area contributed by atoms with Crippen molar-refractivity contribution in [2.75, 3.05) is 7.11 Å². The van der Waals surface area contributed by atoms with E-state index in [-0.39, 0.29) is 0 Å². The number of hydrogen-bond donors (Lipinski definition) is 2. The number of nitrogens with one attached hydrogen (secondary N) is 1. The number of ether oxygens (including phenoxy) is 2. The largest absolute Gasteiger partial charge is 0.496 e. The molecule has 7 nitrogen and oxygen atoms in total. The molecule has 21 heavy (non-hydrogen) atoms. The summed E-state index contributed by atoms with van der Waals surface area (Å²) in [6, 6.07) is 6.08. The summed E-state index contributed by atoms with van der Waals surface area (Å²) >= 11 is 0. The summed E-state index contributed by atoms with van der Waals surface area (Å²) in [6.07, 6.45) is 1.53. The summed E-state index contributed by atoms with van der Waals surface area (Å²) in [6.45, 7) is 1.33. The van der Waals surface area contributed by atoms with E-state index < -0.39 is 24.0 Å². The van der Waals surface area contributed by atoms with Crippen LogP contribution in [-0.4, -0.2) is 31.1 Å². The number of hydrogen-bond acceptors (Lipinski definition) is 5. The Hall–Kier alpha value is -2.83. The average Bonchev–Trinajstić information content (AvgIpc) is 2.44. The van der Waals surface area contributed by atoms with Crippen LogP contribution in [-0.2, 0) is 14.3 Å². The maximum atomic E-state index is 11.6. The Morgan fingerprint density at radius 1 is 1.29 bits per heavy atom. The lowest BCUT2D eigenvalue weighted by atomic mass is 10.2. The van der Waals surface area contributed by atoms with Crippen molar-refractivity contribution >= 4 is 24.0 Å². The Balaban J connectivity index is 2.63. The molecule has 1 rings (SSSR count). The Labute approximate surface area is 121 Å². The molecule has 112 valence electrons. The smallest absolute Gasteiger partial charge is 0.331 e. The monoisotopic (exact) mass is 292 g/mol. The average molecular weight is 292 g/mol. The van der Waals surface area contributed by atoms with Crippen molar-refractivity contribution < 1.29 is 23.9 Å². The number of benzene rings is 1. The molecule has 0 aromatic heterocycles. The van der Waals surface area contributed by atoms with E-state index in [0.29, 0.717) is 11.3 Å². The summed E-state index contributed by atoms with van der Waals surface area (Å²) in [7, 11) is 1.52. The number of amides is 3. The maximum absolute atomic E-state index is 11.6. The lowest BCUT2D eigenvalue weighted by Gasteiger charge is -2.10. The third-order valence-corrected chi connectivity index (χ3v) is 2.45. The van der Waals surface area contributed by atoms with E-state index in [4.69, 9.17) is 15.2 Å². The first-order valence-corrected chi connectivity index (χ1v) is 6.06. The van der Waals surface area contributed by atoms with Crippen molar-refractivity contribution in [3.63, 3.8) is 0 Å². The van der Waals surface area contributed by atoms with E-state index in [1.165, 1.54) is 20.1 Å². The zero-order valence-corrected chi connectivity index (χ0v) is 11.7. The molecule has 0 aliphatic rings. The molecule has 1 aromatic carbocycles. The van der Waals surface area contributed by atoms with Crippen molar-refractivity contribution in [3.05, 3.63) is 35.9 Å². The minimum Gasteiger partial charge on any atom is -0.496 e. The molecule has 0 aliphatic carbocycles. The van der Waals surface area contributed by atoms with Gasteiger partial charge in [-0.3, -0.25) is 10.1 Å². The van der Waals surface area contributed by atoms with E-state index in [2.05, 4.69) is 0 Å². The zero-order valence-electron chi connectivity index (χ0n) is 11.7. The zero-order chi connectivity index (χ0) is 15.8. The van der Waals surface area contributed by atoms with Crippen LogP contribution in [0.3, 0.4) is 0 Å². The second kappa shape index (κ2) is 7.68. The summed E-state index contributed by atoms with van der Waals surface area (Å²) in [5, 5.41) is 1.82. The number of methoxy groups -OCH3 is 1. The Kier molecular flexibility index (Phi) is 5.94. The van der Waals surface area contributed by atoms with Gasteiger partial charge in [0.1, 0.15) is 5.75 Å². The highest BCUT2D eigenvalue weighted by molar-refractivity contribution is 5.97. The van der Waals surface area contributed by atoms with Crippen molar-refractivity contribution in [2.24, 2.45) is 5.73 Å². The number of carbonyl (C=O) groups excluding carboxylic acids is 3. The lowest BCUT2D eigenvalue weighted by Crippen LogP contribution is -2.42. The van der Waals surface area contributed by atoms with Gasteiger partial charge in [-0.05, 0) is 19.1 Å². The summed E-state index contributed by atoms with van der Waals surface area (Å²) in [5.41, 5.74) is 5.48. The number of carbonyl (C=O) groups is 3. The van der Waals surface area contributed by atoms with Gasteiger partial charge in [0.05, 0.1) is 7.11 Å². The molecule has 1 atom stereocenters. The van der Waals surface area contributed by atoms with E-state index in [9.17, 15) is 14.4 Å². The number of primary amides is 1. The van der Waals surface area contributed by atoms with E-state index in [1.807, 2.05) is 5.32 Å². The molecule has 0 fully saturated rings. The summed E-state index contributed by atoms with van der Waals surface area (Å²) < 4.78 is 9.94. The molecule has 7 heteroatoms. The first-order valence-electron chi connectivity index (χ1n) is 6.06. The van der Waals surface area contributed by atoms with Crippen LogP contribution >= 0.6 is 0 Å². The van der Waals surface area contributed by atoms with Gasteiger partial charge in [0.2, 0.25) is 0 Å². The van der Waals surface area contributed by atoms with Crippen LogP contribution in [0.4, 0.5) is 4.79 Å². The second-order valence-corrected chi connectivity index (χ2v) is 4.01. The fraction of sp³-hybridized carbons (Fsp3) is 0.214. The Bertz CT molecular complexity index is 568. The van der Waals surface area contributed by atoms with E-state index in [0.717, 1.165) is 6.08 Å². The standard InChI is InChI=1S/C14H16N2O5/c1-9(13(18)16-14(15)19)21-12(17)8-7-10-5-3-4-6-11(10)20-2/h3-9H,1-2H3,(H3,15,16,18,19)/b8-7+/t9-/m1/s1. The second-order valence-electron chi connectivity index (χ2n) is 4.01. The molecular formula is C14H16N2O5. The fourth-order valence-electron chi connectivity index (χ4n) is 1.45. The van der Waals surface area contributed by atoms with Gasteiger partial charge in [-0.25, -0.2) is 9.59 Å². The number of para-hydroxylation sites is 1.